The van der Waals surface area contributed by atoms with Crippen LogP contribution in [0.3, 0.4) is 0 Å². The number of hydrogen-bond acceptors (Lipinski definition) is 4. The van der Waals surface area contributed by atoms with Gasteiger partial charge in [-0.05, 0) is 30.7 Å². The van der Waals surface area contributed by atoms with Crippen molar-refractivity contribution in [3.8, 4) is 11.3 Å². The van der Waals surface area contributed by atoms with E-state index >= 15 is 0 Å². The van der Waals surface area contributed by atoms with Crippen molar-refractivity contribution in [3.05, 3.63) is 54.0 Å². The van der Waals surface area contributed by atoms with Gasteiger partial charge in [0.2, 0.25) is 0 Å². The minimum atomic E-state index is -1.32. The first kappa shape index (κ1) is 18.1. The van der Waals surface area contributed by atoms with Gasteiger partial charge >= 0.3 is 11.9 Å². The SMILES string of the molecule is O=C(O)CC[C@@H](NC(=O)c1ccc(-c2cccc(F)c2)nc1)C(=O)O. The molecule has 0 aliphatic heterocycles. The number of carbonyl (C=O) groups excluding carboxylic acids is 1. The fourth-order valence-corrected chi connectivity index (χ4v) is 2.11. The van der Waals surface area contributed by atoms with Crippen molar-refractivity contribution in [1.82, 2.24) is 10.3 Å². The van der Waals surface area contributed by atoms with Crippen molar-refractivity contribution in [2.75, 3.05) is 0 Å². The van der Waals surface area contributed by atoms with Gasteiger partial charge in [0, 0.05) is 18.2 Å². The van der Waals surface area contributed by atoms with Crippen molar-refractivity contribution < 1.29 is 29.0 Å². The van der Waals surface area contributed by atoms with Crippen LogP contribution in [0.1, 0.15) is 23.2 Å². The van der Waals surface area contributed by atoms with Crippen LogP contribution >= 0.6 is 0 Å². The summed E-state index contributed by atoms with van der Waals surface area (Å²) in [4.78, 5) is 37.8. The fourth-order valence-electron chi connectivity index (χ4n) is 2.11. The third-order valence-corrected chi connectivity index (χ3v) is 3.40. The van der Waals surface area contributed by atoms with E-state index in [4.69, 9.17) is 10.2 Å². The van der Waals surface area contributed by atoms with E-state index < -0.39 is 29.7 Å². The molecular weight excluding hydrogens is 331 g/mol. The number of carboxylic acid groups (broad SMARTS) is 2. The summed E-state index contributed by atoms with van der Waals surface area (Å²) in [6.45, 7) is 0. The van der Waals surface area contributed by atoms with Gasteiger partial charge in [0.25, 0.3) is 5.91 Å². The maximum atomic E-state index is 13.2. The van der Waals surface area contributed by atoms with E-state index in [2.05, 4.69) is 10.3 Å². The lowest BCUT2D eigenvalue weighted by Crippen LogP contribution is -2.41. The highest BCUT2D eigenvalue weighted by molar-refractivity contribution is 5.96. The molecule has 7 nitrogen and oxygen atoms in total. The summed E-state index contributed by atoms with van der Waals surface area (Å²) < 4.78 is 13.2. The summed E-state index contributed by atoms with van der Waals surface area (Å²) in [5, 5.41) is 19.9. The molecule has 130 valence electrons. The molecule has 0 spiro atoms. The molecule has 1 aromatic heterocycles. The monoisotopic (exact) mass is 346 g/mol. The molecule has 3 N–H and O–H groups in total. The van der Waals surface area contributed by atoms with Crippen LogP contribution in [0.2, 0.25) is 0 Å². The summed E-state index contributed by atoms with van der Waals surface area (Å²) in [7, 11) is 0. The first-order valence-corrected chi connectivity index (χ1v) is 7.34. The molecule has 1 aromatic carbocycles. The number of carbonyl (C=O) groups is 3. The highest BCUT2D eigenvalue weighted by atomic mass is 19.1. The molecule has 8 heteroatoms. The minimum Gasteiger partial charge on any atom is -0.481 e. The molecule has 0 saturated carbocycles. The molecule has 0 saturated heterocycles. The lowest BCUT2D eigenvalue weighted by molar-refractivity contribution is -0.140. The van der Waals surface area contributed by atoms with Crippen LogP contribution in [-0.4, -0.2) is 39.1 Å². The number of aliphatic carboxylic acids is 2. The average molecular weight is 346 g/mol. The lowest BCUT2D eigenvalue weighted by atomic mass is 10.1. The lowest BCUT2D eigenvalue weighted by Gasteiger charge is -2.13. The normalized spacial score (nSPS) is 11.6. The van der Waals surface area contributed by atoms with Crippen LogP contribution in [0.5, 0.6) is 0 Å². The molecule has 0 bridgehead atoms. The molecule has 2 rings (SSSR count). The van der Waals surface area contributed by atoms with Crippen LogP contribution in [0.4, 0.5) is 4.39 Å². The zero-order valence-corrected chi connectivity index (χ0v) is 13.0. The number of amides is 1. The number of halogens is 1. The largest absolute Gasteiger partial charge is 0.481 e. The van der Waals surface area contributed by atoms with Crippen molar-refractivity contribution >= 4 is 17.8 Å². The van der Waals surface area contributed by atoms with Crippen LogP contribution in [-0.2, 0) is 9.59 Å². The van der Waals surface area contributed by atoms with E-state index in [9.17, 15) is 18.8 Å². The molecule has 0 fully saturated rings. The fraction of sp³-hybridized carbons (Fsp3) is 0.176. The number of nitrogens with zero attached hydrogens (tertiary/aromatic N) is 1. The van der Waals surface area contributed by atoms with Gasteiger partial charge in [0.1, 0.15) is 11.9 Å². The second kappa shape index (κ2) is 8.00. The van der Waals surface area contributed by atoms with E-state index in [-0.39, 0.29) is 18.4 Å². The molecule has 0 unspecified atom stereocenters. The third-order valence-electron chi connectivity index (χ3n) is 3.40. The molecule has 0 aliphatic carbocycles. The first-order valence-electron chi connectivity index (χ1n) is 7.34. The Labute approximate surface area is 142 Å². The summed E-state index contributed by atoms with van der Waals surface area (Å²) in [6.07, 6.45) is 0.630. The smallest absolute Gasteiger partial charge is 0.326 e. The number of nitrogens with one attached hydrogen (secondary N) is 1. The highest BCUT2D eigenvalue weighted by Crippen LogP contribution is 2.18. The Kier molecular flexibility index (Phi) is 5.78. The maximum absolute atomic E-state index is 13.2. The van der Waals surface area contributed by atoms with Crippen molar-refractivity contribution in [2.45, 2.75) is 18.9 Å². The Hall–Kier alpha value is -3.29. The number of carboxylic acids is 2. The summed E-state index contributed by atoms with van der Waals surface area (Å²) in [5.74, 6) is -3.57. The van der Waals surface area contributed by atoms with E-state index in [1.54, 1.807) is 6.07 Å². The minimum absolute atomic E-state index is 0.113. The van der Waals surface area contributed by atoms with Gasteiger partial charge in [-0.2, -0.15) is 0 Å². The average Bonchev–Trinajstić information content (AvgIpc) is 2.58. The second-order valence-corrected chi connectivity index (χ2v) is 5.24. The van der Waals surface area contributed by atoms with Gasteiger partial charge in [0.05, 0.1) is 11.3 Å². The van der Waals surface area contributed by atoms with Crippen LogP contribution in [0, 0.1) is 5.82 Å². The quantitative estimate of drug-likeness (QED) is 0.705. The molecule has 25 heavy (non-hydrogen) atoms. The molecule has 2 aromatic rings. The zero-order chi connectivity index (χ0) is 18.4. The Morgan fingerprint density at radius 3 is 2.48 bits per heavy atom. The van der Waals surface area contributed by atoms with E-state index in [1.807, 2.05) is 0 Å². The molecular formula is C17H15FN2O5. The van der Waals surface area contributed by atoms with Gasteiger partial charge < -0.3 is 15.5 Å². The third kappa shape index (κ3) is 5.10. The molecule has 1 amide bonds. The standard InChI is InChI=1S/C17H15FN2O5/c18-12-3-1-2-10(8-12)13-5-4-11(9-19-13)16(23)20-14(17(24)25)6-7-15(21)22/h1-5,8-9,14H,6-7H2,(H,20,23)(H,21,22)(H,24,25)/t14-/m1/s1. The topological polar surface area (TPSA) is 117 Å². The number of pyridine rings is 1. The summed E-state index contributed by atoms with van der Waals surface area (Å²) in [6, 6.07) is 7.43. The maximum Gasteiger partial charge on any atom is 0.326 e. The van der Waals surface area contributed by atoms with Crippen molar-refractivity contribution in [3.63, 3.8) is 0 Å². The van der Waals surface area contributed by atoms with Crippen LogP contribution < -0.4 is 5.32 Å². The van der Waals surface area contributed by atoms with E-state index in [0.29, 0.717) is 11.3 Å². The van der Waals surface area contributed by atoms with Crippen LogP contribution in [0.15, 0.2) is 42.6 Å². The zero-order valence-electron chi connectivity index (χ0n) is 13.0. The molecule has 1 atom stereocenters. The Bertz CT molecular complexity index is 792. The molecule has 1 heterocycles. The van der Waals surface area contributed by atoms with Gasteiger partial charge in [-0.15, -0.1) is 0 Å². The number of rotatable bonds is 7. The van der Waals surface area contributed by atoms with E-state index in [0.717, 1.165) is 0 Å². The number of hydrogen-bond donors (Lipinski definition) is 3. The second-order valence-electron chi connectivity index (χ2n) is 5.24. The Balaban J connectivity index is 2.09. The Morgan fingerprint density at radius 2 is 1.92 bits per heavy atom. The van der Waals surface area contributed by atoms with Gasteiger partial charge in [-0.3, -0.25) is 14.6 Å². The molecule has 0 radical (unpaired) electrons. The summed E-state index contributed by atoms with van der Waals surface area (Å²) in [5.41, 5.74) is 1.11. The predicted molar refractivity (Wildman–Crippen MR) is 85.4 cm³/mol. The Morgan fingerprint density at radius 1 is 1.16 bits per heavy atom. The number of aromatic nitrogens is 1. The van der Waals surface area contributed by atoms with Gasteiger partial charge in [-0.1, -0.05) is 12.1 Å². The summed E-state index contributed by atoms with van der Waals surface area (Å²) >= 11 is 0. The molecule has 0 aliphatic rings. The highest BCUT2D eigenvalue weighted by Gasteiger charge is 2.21. The van der Waals surface area contributed by atoms with Crippen molar-refractivity contribution in [2.24, 2.45) is 0 Å². The van der Waals surface area contributed by atoms with Crippen LogP contribution in [0.25, 0.3) is 11.3 Å². The number of benzene rings is 1. The van der Waals surface area contributed by atoms with Gasteiger partial charge in [0.15, 0.2) is 0 Å². The predicted octanol–water partition coefficient (Wildman–Crippen LogP) is 1.94. The van der Waals surface area contributed by atoms with Crippen molar-refractivity contribution in [1.29, 1.82) is 0 Å². The first-order chi connectivity index (χ1) is 11.9. The van der Waals surface area contributed by atoms with Gasteiger partial charge in [-0.25, -0.2) is 9.18 Å². The van der Waals surface area contributed by atoms with E-state index in [1.165, 1.54) is 36.5 Å².